The normalized spacial score (nSPS) is 10.6. The molecule has 1 aromatic heterocycles. The number of halogens is 1. The first-order valence-corrected chi connectivity index (χ1v) is 10.7. The van der Waals surface area contributed by atoms with E-state index in [-0.39, 0.29) is 6.54 Å². The third kappa shape index (κ3) is 6.40. The maximum atomic E-state index is 13.5. The highest BCUT2D eigenvalue weighted by molar-refractivity contribution is 7.98. The lowest BCUT2D eigenvalue weighted by molar-refractivity contribution is -0.124. The van der Waals surface area contributed by atoms with Gasteiger partial charge >= 0.3 is 5.97 Å². The number of hydrogen-bond donors (Lipinski definition) is 1. The number of amides is 1. The van der Waals surface area contributed by atoms with Crippen LogP contribution in [0.4, 0.5) is 4.39 Å². The van der Waals surface area contributed by atoms with Crippen LogP contribution in [0.2, 0.25) is 0 Å². The summed E-state index contributed by atoms with van der Waals surface area (Å²) in [7, 11) is 0. The number of esters is 1. The summed E-state index contributed by atoms with van der Waals surface area (Å²) in [4.78, 5) is 29.3. The Bertz CT molecular complexity index is 990. The third-order valence-corrected chi connectivity index (χ3v) is 5.78. The molecule has 0 saturated carbocycles. The van der Waals surface area contributed by atoms with E-state index in [4.69, 9.17) is 4.74 Å². The van der Waals surface area contributed by atoms with Crippen molar-refractivity contribution < 1.29 is 18.7 Å². The number of carbonyl (C=O) groups is 2. The highest BCUT2D eigenvalue weighted by Crippen LogP contribution is 2.24. The molecule has 1 N–H and O–H groups in total. The van der Waals surface area contributed by atoms with Gasteiger partial charge in [-0.2, -0.15) is 0 Å². The monoisotopic (exact) mass is 430 g/mol. The fraction of sp³-hybridized carbons (Fsp3) is 0.190. The second-order valence-electron chi connectivity index (χ2n) is 6.12. The molecule has 1 amide bonds. The molecule has 8 heteroatoms. The molecule has 0 aliphatic carbocycles. The largest absolute Gasteiger partial charge is 0.452 e. The molecule has 0 radical (unpaired) electrons. The third-order valence-electron chi connectivity index (χ3n) is 3.91. The summed E-state index contributed by atoms with van der Waals surface area (Å²) in [6.07, 6.45) is 0. The van der Waals surface area contributed by atoms with Crippen LogP contribution >= 0.6 is 23.1 Å². The molecular formula is C21H19FN2O3S2. The van der Waals surface area contributed by atoms with Crippen LogP contribution in [0.25, 0.3) is 0 Å². The van der Waals surface area contributed by atoms with Crippen LogP contribution in [0.1, 0.15) is 26.6 Å². The summed E-state index contributed by atoms with van der Waals surface area (Å²) >= 11 is 3.25. The van der Waals surface area contributed by atoms with Crippen molar-refractivity contribution in [3.05, 3.63) is 81.6 Å². The molecule has 0 bridgehead atoms. The van der Waals surface area contributed by atoms with Crippen LogP contribution in [0.3, 0.4) is 0 Å². The van der Waals surface area contributed by atoms with E-state index in [2.05, 4.69) is 10.3 Å². The molecule has 150 valence electrons. The smallest absolute Gasteiger partial charge is 0.338 e. The zero-order chi connectivity index (χ0) is 20.6. The van der Waals surface area contributed by atoms with Gasteiger partial charge in [0.25, 0.3) is 5.91 Å². The van der Waals surface area contributed by atoms with Gasteiger partial charge in [0, 0.05) is 28.1 Å². The average molecular weight is 431 g/mol. The molecule has 0 saturated heterocycles. The van der Waals surface area contributed by atoms with E-state index in [1.165, 1.54) is 6.07 Å². The average Bonchev–Trinajstić information content (AvgIpc) is 3.15. The van der Waals surface area contributed by atoms with Gasteiger partial charge in [0.2, 0.25) is 0 Å². The maximum absolute atomic E-state index is 13.5. The summed E-state index contributed by atoms with van der Waals surface area (Å²) in [6.45, 7) is 1.58. The minimum atomic E-state index is -0.585. The topological polar surface area (TPSA) is 68.3 Å². The van der Waals surface area contributed by atoms with Gasteiger partial charge in [0.1, 0.15) is 5.82 Å². The molecule has 3 rings (SSSR count). The quantitative estimate of drug-likeness (QED) is 0.425. The number of thioether (sulfide) groups is 1. The van der Waals surface area contributed by atoms with Gasteiger partial charge < -0.3 is 10.1 Å². The number of nitrogens with zero attached hydrogens (tertiary/aromatic N) is 1. The zero-order valence-corrected chi connectivity index (χ0v) is 17.3. The Hall–Kier alpha value is -2.71. The Balaban J connectivity index is 1.42. The van der Waals surface area contributed by atoms with E-state index in [0.717, 1.165) is 21.3 Å². The summed E-state index contributed by atoms with van der Waals surface area (Å²) in [5.41, 5.74) is 1.76. The Morgan fingerprint density at radius 1 is 1.17 bits per heavy atom. The number of ether oxygens (including phenoxy) is 1. The van der Waals surface area contributed by atoms with Crippen molar-refractivity contribution in [2.75, 3.05) is 6.61 Å². The number of nitrogens with one attached hydrogen (secondary N) is 1. The second-order valence-corrected chi connectivity index (χ2v) is 8.23. The minimum Gasteiger partial charge on any atom is -0.452 e. The standard InChI is InChI=1S/C21H19FN2O3S2/c1-14-24-17(12-28-14)13-29-18-8-6-15(7-9-18)21(26)27-11-20(25)23-10-16-4-2-3-5-19(16)22/h2-9,12H,10-11,13H2,1H3,(H,23,25). The highest BCUT2D eigenvalue weighted by atomic mass is 32.2. The predicted octanol–water partition coefficient (Wildman–Crippen LogP) is 4.36. The number of aromatic nitrogens is 1. The Labute approximate surface area is 176 Å². The van der Waals surface area contributed by atoms with Crippen molar-refractivity contribution in [1.82, 2.24) is 10.3 Å². The van der Waals surface area contributed by atoms with Crippen molar-refractivity contribution >= 4 is 35.0 Å². The Kier molecular flexibility index (Phi) is 7.37. The highest BCUT2D eigenvalue weighted by Gasteiger charge is 2.11. The Morgan fingerprint density at radius 2 is 1.93 bits per heavy atom. The van der Waals surface area contributed by atoms with E-state index in [1.807, 2.05) is 24.4 Å². The van der Waals surface area contributed by atoms with Crippen molar-refractivity contribution in [1.29, 1.82) is 0 Å². The molecule has 3 aromatic rings. The number of hydrogen-bond acceptors (Lipinski definition) is 6. The van der Waals surface area contributed by atoms with E-state index in [0.29, 0.717) is 11.1 Å². The van der Waals surface area contributed by atoms with Crippen LogP contribution in [0.15, 0.2) is 58.8 Å². The lowest BCUT2D eigenvalue weighted by Gasteiger charge is -2.08. The summed E-state index contributed by atoms with van der Waals surface area (Å²) in [6, 6.07) is 13.1. The SMILES string of the molecule is Cc1nc(CSc2ccc(C(=O)OCC(=O)NCc3ccccc3F)cc2)cs1. The van der Waals surface area contributed by atoms with Crippen LogP contribution in [-0.4, -0.2) is 23.5 Å². The van der Waals surface area contributed by atoms with Gasteiger partial charge in [0.05, 0.1) is 16.3 Å². The Morgan fingerprint density at radius 3 is 2.62 bits per heavy atom. The molecule has 0 unspecified atom stereocenters. The number of benzene rings is 2. The van der Waals surface area contributed by atoms with Crippen molar-refractivity contribution in [3.8, 4) is 0 Å². The van der Waals surface area contributed by atoms with Gasteiger partial charge in [0.15, 0.2) is 6.61 Å². The first-order valence-electron chi connectivity index (χ1n) is 8.82. The minimum absolute atomic E-state index is 0.0352. The molecule has 0 aliphatic heterocycles. The fourth-order valence-corrected chi connectivity index (χ4v) is 3.93. The van der Waals surface area contributed by atoms with Crippen LogP contribution in [0, 0.1) is 12.7 Å². The van der Waals surface area contributed by atoms with Gasteiger partial charge in [-0.3, -0.25) is 4.79 Å². The number of carbonyl (C=O) groups excluding carboxylic acids is 2. The number of aryl methyl sites for hydroxylation is 1. The van der Waals surface area contributed by atoms with Crippen molar-refractivity contribution in [2.24, 2.45) is 0 Å². The lowest BCUT2D eigenvalue weighted by atomic mass is 10.2. The van der Waals surface area contributed by atoms with Gasteiger partial charge in [-0.05, 0) is 37.3 Å². The summed E-state index contributed by atoms with van der Waals surface area (Å²) < 4.78 is 18.5. The molecule has 2 aromatic carbocycles. The van der Waals surface area contributed by atoms with Crippen molar-refractivity contribution in [2.45, 2.75) is 24.1 Å². The van der Waals surface area contributed by atoms with E-state index < -0.39 is 24.3 Å². The lowest BCUT2D eigenvalue weighted by Crippen LogP contribution is -2.28. The summed E-state index contributed by atoms with van der Waals surface area (Å²) in [5.74, 6) is -0.714. The van der Waals surface area contributed by atoms with Gasteiger partial charge in [-0.25, -0.2) is 14.2 Å². The summed E-state index contributed by atoms with van der Waals surface area (Å²) in [5, 5.41) is 5.60. The molecule has 1 heterocycles. The number of thiazole rings is 1. The maximum Gasteiger partial charge on any atom is 0.338 e. The molecule has 0 atom stereocenters. The van der Waals surface area contributed by atoms with Crippen LogP contribution in [-0.2, 0) is 21.8 Å². The zero-order valence-electron chi connectivity index (χ0n) is 15.7. The van der Waals surface area contributed by atoms with Gasteiger partial charge in [-0.1, -0.05) is 18.2 Å². The van der Waals surface area contributed by atoms with E-state index in [1.54, 1.807) is 53.4 Å². The predicted molar refractivity (Wildman–Crippen MR) is 111 cm³/mol. The van der Waals surface area contributed by atoms with E-state index in [9.17, 15) is 14.0 Å². The molecule has 0 aliphatic rings. The van der Waals surface area contributed by atoms with Crippen LogP contribution in [0.5, 0.6) is 0 Å². The molecule has 0 spiro atoms. The molecule has 29 heavy (non-hydrogen) atoms. The molecule has 0 fully saturated rings. The fourth-order valence-electron chi connectivity index (χ4n) is 2.42. The first-order chi connectivity index (χ1) is 14.0. The first kappa shape index (κ1) is 21.0. The second kappa shape index (κ2) is 10.2. The van der Waals surface area contributed by atoms with Crippen LogP contribution < -0.4 is 5.32 Å². The molecule has 5 nitrogen and oxygen atoms in total. The van der Waals surface area contributed by atoms with Gasteiger partial charge in [-0.15, -0.1) is 23.1 Å². The van der Waals surface area contributed by atoms with Crippen molar-refractivity contribution in [3.63, 3.8) is 0 Å². The molecular weight excluding hydrogens is 411 g/mol. The van der Waals surface area contributed by atoms with E-state index >= 15 is 0 Å². The number of rotatable bonds is 8.